The molecule has 0 aromatic heterocycles. The summed E-state index contributed by atoms with van der Waals surface area (Å²) in [5.41, 5.74) is 1.79. The van der Waals surface area contributed by atoms with E-state index >= 15 is 0 Å². The van der Waals surface area contributed by atoms with Crippen molar-refractivity contribution in [1.29, 1.82) is 0 Å². The van der Waals surface area contributed by atoms with Crippen LogP contribution in [-0.2, 0) is 17.8 Å². The molecular weight excluding hydrogens is 218 g/mol. The summed E-state index contributed by atoms with van der Waals surface area (Å²) in [5, 5.41) is 21.3. The van der Waals surface area contributed by atoms with Crippen molar-refractivity contribution in [3.8, 4) is 0 Å². The number of carboxylic acid groups (broad SMARTS) is 1. The highest BCUT2D eigenvalue weighted by atomic mass is 16.4. The van der Waals surface area contributed by atoms with E-state index in [0.29, 0.717) is 19.5 Å². The van der Waals surface area contributed by atoms with Gasteiger partial charge in [0.1, 0.15) is 0 Å². The van der Waals surface area contributed by atoms with Crippen molar-refractivity contribution < 1.29 is 15.0 Å². The van der Waals surface area contributed by atoms with Crippen LogP contribution < -0.4 is 5.32 Å². The lowest BCUT2D eigenvalue weighted by Crippen LogP contribution is -2.26. The number of carbonyl (C=O) groups is 1. The van der Waals surface area contributed by atoms with E-state index in [9.17, 15) is 9.90 Å². The SMILES string of the molecule is CCC(O)CNCc1ccccc1CC(=O)O. The summed E-state index contributed by atoms with van der Waals surface area (Å²) in [6, 6.07) is 7.45. The van der Waals surface area contributed by atoms with E-state index in [1.807, 2.05) is 31.2 Å². The first kappa shape index (κ1) is 13.7. The molecule has 1 atom stereocenters. The van der Waals surface area contributed by atoms with Gasteiger partial charge in [-0.1, -0.05) is 31.2 Å². The van der Waals surface area contributed by atoms with Crippen molar-refractivity contribution >= 4 is 5.97 Å². The van der Waals surface area contributed by atoms with Crippen molar-refractivity contribution in [3.63, 3.8) is 0 Å². The lowest BCUT2D eigenvalue weighted by atomic mass is 10.0. The third kappa shape index (κ3) is 4.97. The first-order chi connectivity index (χ1) is 8.13. The molecule has 4 nitrogen and oxygen atoms in total. The molecule has 1 unspecified atom stereocenters. The van der Waals surface area contributed by atoms with Gasteiger partial charge < -0.3 is 15.5 Å². The van der Waals surface area contributed by atoms with Crippen molar-refractivity contribution in [1.82, 2.24) is 5.32 Å². The standard InChI is InChI=1S/C13H19NO3/c1-2-12(15)9-14-8-11-6-4-3-5-10(11)7-13(16)17/h3-6,12,14-15H,2,7-9H2,1H3,(H,16,17). The fraction of sp³-hybridized carbons (Fsp3) is 0.462. The largest absolute Gasteiger partial charge is 0.481 e. The van der Waals surface area contributed by atoms with Crippen LogP contribution in [0.3, 0.4) is 0 Å². The van der Waals surface area contributed by atoms with Crippen LogP contribution in [0.5, 0.6) is 0 Å². The zero-order valence-corrected chi connectivity index (χ0v) is 10.0. The van der Waals surface area contributed by atoms with Gasteiger partial charge in [-0.2, -0.15) is 0 Å². The number of carboxylic acids is 1. The Morgan fingerprint density at radius 3 is 2.59 bits per heavy atom. The molecule has 0 saturated heterocycles. The Kier molecular flexibility index (Phi) is 5.66. The predicted molar refractivity (Wildman–Crippen MR) is 65.8 cm³/mol. The minimum atomic E-state index is -0.828. The monoisotopic (exact) mass is 237 g/mol. The van der Waals surface area contributed by atoms with Crippen molar-refractivity contribution in [2.24, 2.45) is 0 Å². The Hall–Kier alpha value is -1.39. The second-order valence-corrected chi connectivity index (χ2v) is 4.03. The van der Waals surface area contributed by atoms with Crippen LogP contribution in [0.2, 0.25) is 0 Å². The van der Waals surface area contributed by atoms with E-state index < -0.39 is 5.97 Å². The molecule has 0 aliphatic heterocycles. The Labute approximate surface area is 101 Å². The van der Waals surface area contributed by atoms with Crippen molar-refractivity contribution in [3.05, 3.63) is 35.4 Å². The maximum atomic E-state index is 10.7. The zero-order valence-electron chi connectivity index (χ0n) is 10.0. The molecule has 0 spiro atoms. The van der Waals surface area contributed by atoms with Gasteiger partial charge in [0.05, 0.1) is 12.5 Å². The highest BCUT2D eigenvalue weighted by Gasteiger charge is 2.06. The molecule has 0 radical (unpaired) electrons. The van der Waals surface area contributed by atoms with Crippen LogP contribution in [0.1, 0.15) is 24.5 Å². The number of hydrogen-bond donors (Lipinski definition) is 3. The predicted octanol–water partition coefficient (Wildman–Crippen LogP) is 1.17. The van der Waals surface area contributed by atoms with Gasteiger partial charge in [0.2, 0.25) is 0 Å². The number of aliphatic hydroxyl groups excluding tert-OH is 1. The molecule has 17 heavy (non-hydrogen) atoms. The van der Waals surface area contributed by atoms with Gasteiger partial charge in [0.25, 0.3) is 0 Å². The maximum Gasteiger partial charge on any atom is 0.307 e. The third-order valence-corrected chi connectivity index (χ3v) is 2.63. The molecule has 1 aromatic carbocycles. The van der Waals surface area contributed by atoms with Crippen molar-refractivity contribution in [2.45, 2.75) is 32.4 Å². The lowest BCUT2D eigenvalue weighted by molar-refractivity contribution is -0.136. The minimum Gasteiger partial charge on any atom is -0.481 e. The van der Waals surface area contributed by atoms with E-state index in [1.165, 1.54) is 0 Å². The van der Waals surface area contributed by atoms with Crippen LogP contribution >= 0.6 is 0 Å². The van der Waals surface area contributed by atoms with Gasteiger partial charge >= 0.3 is 5.97 Å². The summed E-state index contributed by atoms with van der Waals surface area (Å²) in [6.45, 7) is 3.03. The Balaban J connectivity index is 2.54. The van der Waals surface area contributed by atoms with Gasteiger partial charge in [-0.25, -0.2) is 0 Å². The zero-order chi connectivity index (χ0) is 12.7. The van der Waals surface area contributed by atoms with Crippen LogP contribution in [0.4, 0.5) is 0 Å². The quantitative estimate of drug-likeness (QED) is 0.666. The van der Waals surface area contributed by atoms with Gasteiger partial charge in [-0.3, -0.25) is 4.79 Å². The molecule has 0 aliphatic rings. The molecule has 1 aromatic rings. The fourth-order valence-corrected chi connectivity index (χ4v) is 1.58. The Morgan fingerprint density at radius 2 is 2.00 bits per heavy atom. The second kappa shape index (κ2) is 7.04. The number of benzene rings is 1. The summed E-state index contributed by atoms with van der Waals surface area (Å²) in [6.07, 6.45) is 0.402. The first-order valence-electron chi connectivity index (χ1n) is 5.80. The average Bonchev–Trinajstić information content (AvgIpc) is 2.30. The second-order valence-electron chi connectivity index (χ2n) is 4.03. The summed E-state index contributed by atoms with van der Waals surface area (Å²) >= 11 is 0. The van der Waals surface area contributed by atoms with Crippen molar-refractivity contribution in [2.75, 3.05) is 6.54 Å². The molecule has 0 heterocycles. The van der Waals surface area contributed by atoms with Gasteiger partial charge in [-0.05, 0) is 17.5 Å². The third-order valence-electron chi connectivity index (χ3n) is 2.63. The van der Waals surface area contributed by atoms with E-state index in [1.54, 1.807) is 0 Å². The summed E-state index contributed by atoms with van der Waals surface area (Å²) in [7, 11) is 0. The molecule has 1 rings (SSSR count). The van der Waals surface area contributed by atoms with E-state index in [4.69, 9.17) is 5.11 Å². The molecule has 0 saturated carbocycles. The topological polar surface area (TPSA) is 69.6 Å². The number of rotatable bonds is 7. The maximum absolute atomic E-state index is 10.7. The lowest BCUT2D eigenvalue weighted by Gasteiger charge is -2.11. The summed E-state index contributed by atoms with van der Waals surface area (Å²) in [4.78, 5) is 10.7. The average molecular weight is 237 g/mol. The minimum absolute atomic E-state index is 0.0359. The number of hydrogen-bond acceptors (Lipinski definition) is 3. The molecule has 3 N–H and O–H groups in total. The normalized spacial score (nSPS) is 12.4. The van der Waals surface area contributed by atoms with E-state index in [2.05, 4.69) is 5.32 Å². The van der Waals surface area contributed by atoms with Crippen LogP contribution in [0, 0.1) is 0 Å². The first-order valence-corrected chi connectivity index (χ1v) is 5.80. The van der Waals surface area contributed by atoms with Crippen LogP contribution in [0.15, 0.2) is 24.3 Å². The van der Waals surface area contributed by atoms with E-state index in [0.717, 1.165) is 11.1 Å². The van der Waals surface area contributed by atoms with Crippen LogP contribution in [0.25, 0.3) is 0 Å². The highest BCUT2D eigenvalue weighted by Crippen LogP contribution is 2.09. The van der Waals surface area contributed by atoms with Gasteiger partial charge in [0, 0.05) is 13.1 Å². The fourth-order valence-electron chi connectivity index (χ4n) is 1.58. The van der Waals surface area contributed by atoms with Gasteiger partial charge in [0.15, 0.2) is 0 Å². The molecule has 94 valence electrons. The van der Waals surface area contributed by atoms with E-state index in [-0.39, 0.29) is 12.5 Å². The number of nitrogens with one attached hydrogen (secondary N) is 1. The number of aliphatic hydroxyl groups is 1. The molecule has 0 fully saturated rings. The Morgan fingerprint density at radius 1 is 1.35 bits per heavy atom. The molecule has 0 aliphatic carbocycles. The molecule has 4 heteroatoms. The van der Waals surface area contributed by atoms with Crippen LogP contribution in [-0.4, -0.2) is 28.8 Å². The highest BCUT2D eigenvalue weighted by molar-refractivity contribution is 5.70. The smallest absolute Gasteiger partial charge is 0.307 e. The summed E-state index contributed by atoms with van der Waals surface area (Å²) < 4.78 is 0. The molecule has 0 amide bonds. The van der Waals surface area contributed by atoms with Gasteiger partial charge in [-0.15, -0.1) is 0 Å². The Bertz CT molecular complexity index is 365. The molecular formula is C13H19NO3. The summed E-state index contributed by atoms with van der Waals surface area (Å²) in [5.74, 6) is -0.828. The molecule has 0 bridgehead atoms. The number of aliphatic carboxylic acids is 1.